The molecule has 0 bridgehead atoms. The molecule has 1 amide bonds. The van der Waals surface area contributed by atoms with Crippen molar-refractivity contribution in [2.45, 2.75) is 6.42 Å². The monoisotopic (exact) mass is 407 g/mol. The van der Waals surface area contributed by atoms with Crippen LogP contribution in [0.5, 0.6) is 5.88 Å². The van der Waals surface area contributed by atoms with Gasteiger partial charge in [0.25, 0.3) is 11.5 Å². The number of ether oxygens (including phenoxy) is 1. The number of hydrogen-bond donors (Lipinski definition) is 1. The van der Waals surface area contributed by atoms with Crippen molar-refractivity contribution in [3.05, 3.63) is 75.1 Å². The summed E-state index contributed by atoms with van der Waals surface area (Å²) < 4.78 is 6.64. The fraction of sp³-hybridized carbons (Fsp3) is 0.286. The van der Waals surface area contributed by atoms with Crippen LogP contribution in [0.4, 0.5) is 0 Å². The highest BCUT2D eigenvalue weighted by atomic mass is 16.5. The highest BCUT2D eigenvalue weighted by Gasteiger charge is 2.29. The molecule has 1 aliphatic heterocycles. The van der Waals surface area contributed by atoms with E-state index in [1.165, 1.54) is 13.2 Å². The van der Waals surface area contributed by atoms with Crippen LogP contribution in [0.2, 0.25) is 0 Å². The molecule has 154 valence electrons. The molecule has 3 heterocycles. The van der Waals surface area contributed by atoms with E-state index >= 15 is 0 Å². The summed E-state index contributed by atoms with van der Waals surface area (Å²) in [6, 6.07) is 13.4. The number of rotatable bonds is 5. The number of H-pyrrole nitrogens is 1. The molecule has 0 radical (unpaired) electrons. The molecular formula is C21H21N5O4. The van der Waals surface area contributed by atoms with Crippen molar-refractivity contribution in [3.8, 4) is 17.1 Å². The van der Waals surface area contributed by atoms with Gasteiger partial charge in [-0.3, -0.25) is 14.2 Å². The molecule has 0 saturated carbocycles. The lowest BCUT2D eigenvalue weighted by atomic mass is 10.1. The summed E-state index contributed by atoms with van der Waals surface area (Å²) in [6.45, 7) is 1.39. The summed E-state index contributed by atoms with van der Waals surface area (Å²) in [5.41, 5.74) is 0.555. The van der Waals surface area contributed by atoms with Gasteiger partial charge in [0.2, 0.25) is 5.88 Å². The molecule has 3 aromatic rings. The van der Waals surface area contributed by atoms with Crippen molar-refractivity contribution in [2.75, 3.05) is 19.7 Å². The maximum absolute atomic E-state index is 12.7. The summed E-state index contributed by atoms with van der Waals surface area (Å²) in [7, 11) is 1.34. The van der Waals surface area contributed by atoms with Gasteiger partial charge in [-0.15, -0.1) is 10.2 Å². The number of aromatic amines is 1. The van der Waals surface area contributed by atoms with Gasteiger partial charge in [0, 0.05) is 43.9 Å². The molecule has 1 aromatic carbocycles. The van der Waals surface area contributed by atoms with Crippen LogP contribution >= 0.6 is 0 Å². The number of aromatic nitrogens is 4. The van der Waals surface area contributed by atoms with Crippen LogP contribution in [-0.2, 0) is 7.05 Å². The standard InChI is InChI=1S/C21H21N5O4/c1-25-19(27)16(11-22-21(25)29)20(28)26-10-9-14(12-26)13-30-18-8-7-17(23-24-18)15-5-3-2-4-6-15/h2-8,11,14H,9-10,12-13H2,1H3,(H,22,29). The van der Waals surface area contributed by atoms with E-state index in [9.17, 15) is 14.4 Å². The van der Waals surface area contributed by atoms with Crippen LogP contribution in [0.1, 0.15) is 16.8 Å². The summed E-state index contributed by atoms with van der Waals surface area (Å²) >= 11 is 0. The maximum atomic E-state index is 12.7. The molecule has 9 nitrogen and oxygen atoms in total. The normalized spacial score (nSPS) is 15.9. The number of hydrogen-bond acceptors (Lipinski definition) is 6. The molecule has 4 rings (SSSR count). The van der Waals surface area contributed by atoms with E-state index in [2.05, 4.69) is 15.2 Å². The summed E-state index contributed by atoms with van der Waals surface area (Å²) in [6.07, 6.45) is 1.94. The molecule has 1 unspecified atom stereocenters. The zero-order valence-electron chi connectivity index (χ0n) is 16.4. The van der Waals surface area contributed by atoms with Crippen LogP contribution in [0, 0.1) is 5.92 Å². The predicted octanol–water partition coefficient (Wildman–Crippen LogP) is 1.07. The second kappa shape index (κ2) is 8.32. The SMILES string of the molecule is Cn1c(=O)[nH]cc(C(=O)N2CCC(COc3ccc(-c4ccccc4)nn3)C2)c1=O. The van der Waals surface area contributed by atoms with Crippen molar-refractivity contribution < 1.29 is 9.53 Å². The average molecular weight is 407 g/mol. The van der Waals surface area contributed by atoms with E-state index in [-0.39, 0.29) is 17.4 Å². The lowest BCUT2D eigenvalue weighted by molar-refractivity contribution is 0.0779. The Bertz CT molecular complexity index is 1150. The average Bonchev–Trinajstić information content (AvgIpc) is 3.26. The van der Waals surface area contributed by atoms with Crippen molar-refractivity contribution in [1.82, 2.24) is 24.6 Å². The number of amides is 1. The van der Waals surface area contributed by atoms with E-state index in [0.717, 1.165) is 22.2 Å². The maximum Gasteiger partial charge on any atom is 0.328 e. The number of benzene rings is 1. The van der Waals surface area contributed by atoms with Crippen molar-refractivity contribution in [2.24, 2.45) is 13.0 Å². The number of nitrogens with one attached hydrogen (secondary N) is 1. The fourth-order valence-corrected chi connectivity index (χ4v) is 3.41. The van der Waals surface area contributed by atoms with Crippen LogP contribution in [0.3, 0.4) is 0 Å². The molecule has 0 aliphatic carbocycles. The van der Waals surface area contributed by atoms with Gasteiger partial charge in [0.1, 0.15) is 5.56 Å². The summed E-state index contributed by atoms with van der Waals surface area (Å²) in [4.78, 5) is 40.3. The topological polar surface area (TPSA) is 110 Å². The highest BCUT2D eigenvalue weighted by Crippen LogP contribution is 2.20. The first-order valence-electron chi connectivity index (χ1n) is 9.63. The quantitative estimate of drug-likeness (QED) is 0.678. The zero-order chi connectivity index (χ0) is 21.1. The molecule has 1 fully saturated rings. The molecule has 1 N–H and O–H groups in total. The Kier molecular flexibility index (Phi) is 5.42. The van der Waals surface area contributed by atoms with Gasteiger partial charge < -0.3 is 14.6 Å². The van der Waals surface area contributed by atoms with Crippen molar-refractivity contribution >= 4 is 5.91 Å². The Balaban J connectivity index is 1.34. The van der Waals surface area contributed by atoms with E-state index in [0.29, 0.717) is 25.6 Å². The second-order valence-electron chi connectivity index (χ2n) is 7.21. The predicted molar refractivity (Wildman–Crippen MR) is 109 cm³/mol. The van der Waals surface area contributed by atoms with Crippen LogP contribution in [-0.4, -0.2) is 50.3 Å². The lowest BCUT2D eigenvalue weighted by Gasteiger charge is -2.16. The Morgan fingerprint density at radius 1 is 1.17 bits per heavy atom. The molecule has 1 atom stereocenters. The Labute approximate surface area is 172 Å². The van der Waals surface area contributed by atoms with Crippen molar-refractivity contribution in [1.29, 1.82) is 0 Å². The smallest absolute Gasteiger partial charge is 0.328 e. The number of nitrogens with zero attached hydrogens (tertiary/aromatic N) is 4. The first-order chi connectivity index (χ1) is 14.5. The first kappa shape index (κ1) is 19.6. The minimum atomic E-state index is -0.600. The van der Waals surface area contributed by atoms with Crippen molar-refractivity contribution in [3.63, 3.8) is 0 Å². The Hall–Kier alpha value is -3.75. The highest BCUT2D eigenvalue weighted by molar-refractivity contribution is 5.93. The van der Waals surface area contributed by atoms with Gasteiger partial charge in [0.05, 0.1) is 12.3 Å². The minimum absolute atomic E-state index is 0.0407. The lowest BCUT2D eigenvalue weighted by Crippen LogP contribution is -2.40. The number of carbonyl (C=O) groups excluding carboxylic acids is 1. The molecule has 30 heavy (non-hydrogen) atoms. The minimum Gasteiger partial charge on any atom is -0.476 e. The molecule has 1 aliphatic rings. The molecule has 2 aromatic heterocycles. The number of carbonyl (C=O) groups is 1. The van der Waals surface area contributed by atoms with E-state index < -0.39 is 11.2 Å². The summed E-state index contributed by atoms with van der Waals surface area (Å²) in [5, 5.41) is 8.31. The number of likely N-dealkylation sites (tertiary alicyclic amines) is 1. The van der Waals surface area contributed by atoms with Gasteiger partial charge >= 0.3 is 5.69 Å². The first-order valence-corrected chi connectivity index (χ1v) is 9.63. The molecule has 1 saturated heterocycles. The van der Waals surface area contributed by atoms with Gasteiger partial charge in [-0.05, 0) is 12.5 Å². The van der Waals surface area contributed by atoms with Crippen LogP contribution < -0.4 is 16.0 Å². The molecular weight excluding hydrogens is 386 g/mol. The molecule has 9 heteroatoms. The Morgan fingerprint density at radius 2 is 1.97 bits per heavy atom. The third-order valence-corrected chi connectivity index (χ3v) is 5.16. The van der Waals surface area contributed by atoms with Gasteiger partial charge in [-0.1, -0.05) is 30.3 Å². The van der Waals surface area contributed by atoms with Crippen LogP contribution in [0.15, 0.2) is 58.3 Å². The van der Waals surface area contributed by atoms with Gasteiger partial charge in [0.15, 0.2) is 0 Å². The largest absolute Gasteiger partial charge is 0.476 e. The van der Waals surface area contributed by atoms with Gasteiger partial charge in [-0.2, -0.15) is 0 Å². The second-order valence-corrected chi connectivity index (χ2v) is 7.21. The summed E-state index contributed by atoms with van der Waals surface area (Å²) in [5.74, 6) is 0.159. The fourth-order valence-electron chi connectivity index (χ4n) is 3.41. The Morgan fingerprint density at radius 3 is 2.70 bits per heavy atom. The zero-order valence-corrected chi connectivity index (χ0v) is 16.4. The van der Waals surface area contributed by atoms with Gasteiger partial charge in [-0.25, -0.2) is 4.79 Å². The third kappa shape index (κ3) is 4.00. The van der Waals surface area contributed by atoms with E-state index in [1.54, 1.807) is 11.0 Å². The van der Waals surface area contributed by atoms with Crippen LogP contribution in [0.25, 0.3) is 11.3 Å². The van der Waals surface area contributed by atoms with E-state index in [4.69, 9.17) is 4.74 Å². The third-order valence-electron chi connectivity index (χ3n) is 5.16. The van der Waals surface area contributed by atoms with E-state index in [1.807, 2.05) is 36.4 Å². The molecule has 0 spiro atoms.